The van der Waals surface area contributed by atoms with Crippen LogP contribution in [0.3, 0.4) is 0 Å². The van der Waals surface area contributed by atoms with Crippen molar-refractivity contribution in [2.24, 2.45) is 10.7 Å². The van der Waals surface area contributed by atoms with E-state index in [2.05, 4.69) is 10.3 Å². The molecule has 0 aliphatic carbocycles. The first kappa shape index (κ1) is 19.3. The number of anilines is 1. The first-order chi connectivity index (χ1) is 10.5. The highest BCUT2D eigenvalue weighted by Gasteiger charge is 2.10. The van der Waals surface area contributed by atoms with Crippen molar-refractivity contribution in [1.29, 1.82) is 0 Å². The van der Waals surface area contributed by atoms with Gasteiger partial charge in [0.2, 0.25) is 0 Å². The van der Waals surface area contributed by atoms with Crippen LogP contribution < -0.4 is 11.1 Å². The van der Waals surface area contributed by atoms with Gasteiger partial charge in [-0.3, -0.25) is 4.99 Å². The molecule has 2 rings (SSSR count). The fourth-order valence-corrected chi connectivity index (χ4v) is 1.97. The number of aliphatic imine (C=N–C) groups is 1. The Morgan fingerprint density at radius 3 is 2.39 bits per heavy atom. The lowest BCUT2D eigenvalue weighted by atomic mass is 10.1. The molecule has 0 saturated heterocycles. The van der Waals surface area contributed by atoms with Crippen molar-refractivity contribution < 1.29 is 13.2 Å². The minimum atomic E-state index is -1.46. The predicted molar refractivity (Wildman–Crippen MR) is 96.7 cm³/mol. The summed E-state index contributed by atoms with van der Waals surface area (Å²) in [6.07, 6.45) is 0.254. The molecule has 0 aromatic heterocycles. The second kappa shape index (κ2) is 8.76. The molecule has 0 fully saturated rings. The summed E-state index contributed by atoms with van der Waals surface area (Å²) in [5.74, 6) is -3.67. The van der Waals surface area contributed by atoms with E-state index in [0.29, 0.717) is 5.56 Å². The Labute approximate surface area is 149 Å². The van der Waals surface area contributed by atoms with Crippen LogP contribution in [-0.4, -0.2) is 12.5 Å². The summed E-state index contributed by atoms with van der Waals surface area (Å²) in [4.78, 5) is 4.07. The number of nitrogens with zero attached hydrogens (tertiary/aromatic N) is 1. The van der Waals surface area contributed by atoms with Gasteiger partial charge < -0.3 is 11.1 Å². The SMILES string of the molecule is Cc1cccc(NC(N)=NCCc2cc(F)c(F)c(F)c2)c1.I. The number of aryl methyl sites for hydroxylation is 1. The van der Waals surface area contributed by atoms with Gasteiger partial charge in [-0.15, -0.1) is 24.0 Å². The molecule has 0 spiro atoms. The zero-order chi connectivity index (χ0) is 16.1. The summed E-state index contributed by atoms with van der Waals surface area (Å²) < 4.78 is 39.0. The molecule has 0 radical (unpaired) electrons. The highest BCUT2D eigenvalue weighted by molar-refractivity contribution is 14.0. The summed E-state index contributed by atoms with van der Waals surface area (Å²) in [5, 5.41) is 2.92. The van der Waals surface area contributed by atoms with Crippen molar-refractivity contribution >= 4 is 35.6 Å². The Bertz CT molecular complexity index is 682. The summed E-state index contributed by atoms with van der Waals surface area (Å²) in [6, 6.07) is 9.51. The number of hydrogen-bond donors (Lipinski definition) is 2. The molecular formula is C16H17F3IN3. The van der Waals surface area contributed by atoms with Crippen molar-refractivity contribution in [1.82, 2.24) is 0 Å². The summed E-state index contributed by atoms with van der Waals surface area (Å²) in [5.41, 5.74) is 7.94. The van der Waals surface area contributed by atoms with Gasteiger partial charge in [-0.1, -0.05) is 12.1 Å². The first-order valence-electron chi connectivity index (χ1n) is 6.73. The van der Waals surface area contributed by atoms with Crippen molar-refractivity contribution in [3.63, 3.8) is 0 Å². The number of hydrogen-bond acceptors (Lipinski definition) is 1. The molecule has 3 N–H and O–H groups in total. The number of nitrogens with one attached hydrogen (secondary N) is 1. The summed E-state index contributed by atoms with van der Waals surface area (Å²) >= 11 is 0. The Balaban J connectivity index is 0.00000264. The van der Waals surface area contributed by atoms with Crippen LogP contribution in [0, 0.1) is 24.4 Å². The lowest BCUT2D eigenvalue weighted by Crippen LogP contribution is -2.23. The van der Waals surface area contributed by atoms with E-state index in [1.54, 1.807) is 0 Å². The Morgan fingerprint density at radius 1 is 1.13 bits per heavy atom. The minimum absolute atomic E-state index is 0. The van der Waals surface area contributed by atoms with E-state index in [1.807, 2.05) is 31.2 Å². The smallest absolute Gasteiger partial charge is 0.194 e. The maximum Gasteiger partial charge on any atom is 0.194 e. The molecule has 0 atom stereocenters. The van der Waals surface area contributed by atoms with E-state index in [1.165, 1.54) is 0 Å². The van der Waals surface area contributed by atoms with Gasteiger partial charge in [0.25, 0.3) is 0 Å². The molecular weight excluding hydrogens is 418 g/mol. The van der Waals surface area contributed by atoms with E-state index in [4.69, 9.17) is 5.73 Å². The van der Waals surface area contributed by atoms with Gasteiger partial charge in [-0.2, -0.15) is 0 Å². The third kappa shape index (κ3) is 5.74. The largest absolute Gasteiger partial charge is 0.370 e. The molecule has 0 unspecified atom stereocenters. The monoisotopic (exact) mass is 435 g/mol. The van der Waals surface area contributed by atoms with Crippen LogP contribution in [-0.2, 0) is 6.42 Å². The second-order valence-electron chi connectivity index (χ2n) is 4.88. The van der Waals surface area contributed by atoms with Gasteiger partial charge in [0.1, 0.15) is 0 Å². The van der Waals surface area contributed by atoms with Crippen molar-refractivity contribution in [3.05, 3.63) is 65.0 Å². The van der Waals surface area contributed by atoms with Gasteiger partial charge in [0, 0.05) is 12.2 Å². The van der Waals surface area contributed by atoms with Gasteiger partial charge >= 0.3 is 0 Å². The fourth-order valence-electron chi connectivity index (χ4n) is 1.97. The lowest BCUT2D eigenvalue weighted by molar-refractivity contribution is 0.445. The highest BCUT2D eigenvalue weighted by atomic mass is 127. The molecule has 0 heterocycles. The molecule has 3 nitrogen and oxygen atoms in total. The third-order valence-corrected chi connectivity index (χ3v) is 3.02. The van der Waals surface area contributed by atoms with Crippen LogP contribution in [0.4, 0.5) is 18.9 Å². The number of benzene rings is 2. The van der Waals surface area contributed by atoms with Crippen molar-refractivity contribution in [2.75, 3.05) is 11.9 Å². The first-order valence-corrected chi connectivity index (χ1v) is 6.73. The summed E-state index contributed by atoms with van der Waals surface area (Å²) in [7, 11) is 0. The zero-order valence-corrected chi connectivity index (χ0v) is 14.8. The van der Waals surface area contributed by atoms with E-state index >= 15 is 0 Å². The standard InChI is InChI=1S/C16H16F3N3.HI/c1-10-3-2-4-12(7-10)22-16(20)21-6-5-11-8-13(17)15(19)14(18)9-11;/h2-4,7-9H,5-6H2,1H3,(H3,20,21,22);1H. The number of guanidine groups is 1. The lowest BCUT2D eigenvalue weighted by Gasteiger charge is -2.06. The molecule has 2 aromatic rings. The normalized spacial score (nSPS) is 11.0. The third-order valence-electron chi connectivity index (χ3n) is 3.02. The van der Waals surface area contributed by atoms with E-state index in [0.717, 1.165) is 23.4 Å². The molecule has 7 heteroatoms. The Hall–Kier alpha value is -1.77. The molecule has 2 aromatic carbocycles. The topological polar surface area (TPSA) is 50.4 Å². The van der Waals surface area contributed by atoms with Crippen LogP contribution >= 0.6 is 24.0 Å². The van der Waals surface area contributed by atoms with Gasteiger partial charge in [0.05, 0.1) is 0 Å². The van der Waals surface area contributed by atoms with E-state index in [9.17, 15) is 13.2 Å². The molecule has 0 saturated carbocycles. The molecule has 0 bridgehead atoms. The molecule has 0 amide bonds. The van der Waals surface area contributed by atoms with Gasteiger partial charge in [-0.25, -0.2) is 13.2 Å². The van der Waals surface area contributed by atoms with E-state index in [-0.39, 0.29) is 42.9 Å². The molecule has 0 aliphatic rings. The highest BCUT2D eigenvalue weighted by Crippen LogP contribution is 2.14. The van der Waals surface area contributed by atoms with Crippen molar-refractivity contribution in [3.8, 4) is 0 Å². The van der Waals surface area contributed by atoms with Crippen LogP contribution in [0.5, 0.6) is 0 Å². The molecule has 0 aliphatic heterocycles. The average molecular weight is 435 g/mol. The van der Waals surface area contributed by atoms with Crippen LogP contribution in [0.1, 0.15) is 11.1 Å². The minimum Gasteiger partial charge on any atom is -0.370 e. The Kier molecular flexibility index (Phi) is 7.34. The van der Waals surface area contributed by atoms with Gasteiger partial charge in [0.15, 0.2) is 23.4 Å². The number of nitrogens with two attached hydrogens (primary N) is 1. The maximum absolute atomic E-state index is 13.1. The molecule has 23 heavy (non-hydrogen) atoms. The number of rotatable bonds is 4. The predicted octanol–water partition coefficient (Wildman–Crippen LogP) is 4.00. The van der Waals surface area contributed by atoms with Crippen LogP contribution in [0.15, 0.2) is 41.4 Å². The zero-order valence-electron chi connectivity index (χ0n) is 12.4. The van der Waals surface area contributed by atoms with Gasteiger partial charge in [-0.05, 0) is 48.7 Å². The fraction of sp³-hybridized carbons (Fsp3) is 0.188. The number of halogens is 4. The molecule has 124 valence electrons. The average Bonchev–Trinajstić information content (AvgIpc) is 2.44. The quantitative estimate of drug-likeness (QED) is 0.330. The van der Waals surface area contributed by atoms with Crippen LogP contribution in [0.25, 0.3) is 0 Å². The second-order valence-corrected chi connectivity index (χ2v) is 4.88. The maximum atomic E-state index is 13.1. The van der Waals surface area contributed by atoms with E-state index < -0.39 is 17.5 Å². The van der Waals surface area contributed by atoms with Crippen LogP contribution in [0.2, 0.25) is 0 Å². The summed E-state index contributed by atoms with van der Waals surface area (Å²) in [6.45, 7) is 2.19. The van der Waals surface area contributed by atoms with Crippen molar-refractivity contribution in [2.45, 2.75) is 13.3 Å². The Morgan fingerprint density at radius 2 is 1.78 bits per heavy atom.